The van der Waals surface area contributed by atoms with Gasteiger partial charge in [0.05, 0.1) is 10.8 Å². The van der Waals surface area contributed by atoms with Gasteiger partial charge in [0, 0.05) is 17.7 Å². The molecule has 0 aliphatic heterocycles. The van der Waals surface area contributed by atoms with Crippen molar-refractivity contribution in [2.24, 2.45) is 0 Å². The standard InChI is InChI=1S/C23H20N.HI/c1-2-24-22-14-8-6-12-20(22)19(21-13-7-9-15-23(21)24)17-16-18-10-4-3-5-11-18;/h3-17H,2H2,1H3;1H/q+1;/p-1. The van der Waals surface area contributed by atoms with Crippen LogP contribution in [0.3, 0.4) is 0 Å². The largest absolute Gasteiger partial charge is 1.00 e. The third kappa shape index (κ3) is 3.31. The van der Waals surface area contributed by atoms with Crippen molar-refractivity contribution in [2.45, 2.75) is 13.5 Å². The molecule has 0 saturated heterocycles. The van der Waals surface area contributed by atoms with Crippen LogP contribution in [0.4, 0.5) is 0 Å². The van der Waals surface area contributed by atoms with Crippen molar-refractivity contribution >= 4 is 34.0 Å². The van der Waals surface area contributed by atoms with E-state index in [2.05, 4.69) is 103 Å². The van der Waals surface area contributed by atoms with E-state index in [4.69, 9.17) is 0 Å². The summed E-state index contributed by atoms with van der Waals surface area (Å²) in [6, 6.07) is 27.8. The van der Waals surface area contributed by atoms with Crippen LogP contribution in [0.25, 0.3) is 34.0 Å². The first-order valence-corrected chi connectivity index (χ1v) is 8.45. The Balaban J connectivity index is 0.00000182. The molecule has 3 aromatic carbocycles. The highest BCUT2D eigenvalue weighted by molar-refractivity contribution is 6.01. The number of aryl methyl sites for hydroxylation is 1. The van der Waals surface area contributed by atoms with Crippen molar-refractivity contribution in [2.75, 3.05) is 0 Å². The van der Waals surface area contributed by atoms with E-state index >= 15 is 0 Å². The van der Waals surface area contributed by atoms with E-state index in [0.29, 0.717) is 0 Å². The van der Waals surface area contributed by atoms with Gasteiger partial charge in [0.25, 0.3) is 0 Å². The van der Waals surface area contributed by atoms with Crippen LogP contribution in [0, 0.1) is 0 Å². The molecule has 4 rings (SSSR count). The molecular weight excluding hydrogens is 417 g/mol. The third-order valence-corrected chi connectivity index (χ3v) is 4.53. The van der Waals surface area contributed by atoms with E-state index < -0.39 is 0 Å². The lowest BCUT2D eigenvalue weighted by atomic mass is 10.0. The van der Waals surface area contributed by atoms with Gasteiger partial charge in [-0.1, -0.05) is 66.7 Å². The van der Waals surface area contributed by atoms with E-state index in [1.807, 2.05) is 0 Å². The molecule has 2 heteroatoms. The van der Waals surface area contributed by atoms with Crippen molar-refractivity contribution < 1.29 is 28.5 Å². The number of benzene rings is 3. The first-order chi connectivity index (χ1) is 11.9. The fraction of sp³-hybridized carbons (Fsp3) is 0.0870. The predicted octanol–water partition coefficient (Wildman–Crippen LogP) is 2.47. The molecule has 4 aromatic rings. The van der Waals surface area contributed by atoms with Crippen molar-refractivity contribution in [3.05, 3.63) is 90.0 Å². The normalized spacial score (nSPS) is 11.1. The van der Waals surface area contributed by atoms with E-state index in [0.717, 1.165) is 6.54 Å². The fourth-order valence-electron chi connectivity index (χ4n) is 3.41. The minimum absolute atomic E-state index is 0. The number of fused-ring (bicyclic) bond motifs is 2. The lowest BCUT2D eigenvalue weighted by molar-refractivity contribution is -0.641. The van der Waals surface area contributed by atoms with Gasteiger partial charge in [0.15, 0.2) is 0 Å². The maximum atomic E-state index is 2.39. The average molecular weight is 437 g/mol. The molecule has 0 aliphatic carbocycles. The molecule has 0 N–H and O–H groups in total. The number of halogens is 1. The lowest BCUT2D eigenvalue weighted by Gasteiger charge is -2.08. The van der Waals surface area contributed by atoms with Gasteiger partial charge in [0.2, 0.25) is 11.0 Å². The highest BCUT2D eigenvalue weighted by Crippen LogP contribution is 2.26. The third-order valence-electron chi connectivity index (χ3n) is 4.53. The molecule has 124 valence electrons. The Morgan fingerprint density at radius 1 is 0.680 bits per heavy atom. The second-order valence-corrected chi connectivity index (χ2v) is 5.94. The predicted molar refractivity (Wildman–Crippen MR) is 103 cm³/mol. The molecular formula is C23H20IN. The van der Waals surface area contributed by atoms with E-state index in [-0.39, 0.29) is 24.0 Å². The summed E-state index contributed by atoms with van der Waals surface area (Å²) in [6.45, 7) is 3.17. The highest BCUT2D eigenvalue weighted by Gasteiger charge is 2.16. The van der Waals surface area contributed by atoms with Gasteiger partial charge >= 0.3 is 0 Å². The molecule has 0 amide bonds. The average Bonchev–Trinajstić information content (AvgIpc) is 2.66. The maximum absolute atomic E-state index is 2.39. The highest BCUT2D eigenvalue weighted by atomic mass is 127. The van der Waals surface area contributed by atoms with Gasteiger partial charge in [-0.3, -0.25) is 0 Å². The summed E-state index contributed by atoms with van der Waals surface area (Å²) in [6.07, 6.45) is 4.45. The molecule has 0 aliphatic rings. The Kier molecular flexibility index (Phi) is 5.49. The zero-order valence-electron chi connectivity index (χ0n) is 14.2. The lowest BCUT2D eigenvalue weighted by Crippen LogP contribution is -3.00. The van der Waals surface area contributed by atoms with Gasteiger partial charge in [-0.25, -0.2) is 0 Å². The summed E-state index contributed by atoms with van der Waals surface area (Å²) in [5.74, 6) is 0. The summed E-state index contributed by atoms with van der Waals surface area (Å²) in [4.78, 5) is 0. The summed E-state index contributed by atoms with van der Waals surface area (Å²) in [5.41, 5.74) is 5.07. The maximum Gasteiger partial charge on any atom is 0.213 e. The van der Waals surface area contributed by atoms with Gasteiger partial charge in [-0.05, 0) is 24.6 Å². The fourth-order valence-corrected chi connectivity index (χ4v) is 3.41. The summed E-state index contributed by atoms with van der Waals surface area (Å²) >= 11 is 0. The monoisotopic (exact) mass is 437 g/mol. The molecule has 1 heterocycles. The minimum Gasteiger partial charge on any atom is -1.00 e. The van der Waals surface area contributed by atoms with Crippen LogP contribution >= 0.6 is 0 Å². The van der Waals surface area contributed by atoms with Crippen LogP contribution < -0.4 is 28.5 Å². The Labute approximate surface area is 165 Å². The molecule has 1 nitrogen and oxygen atoms in total. The molecule has 25 heavy (non-hydrogen) atoms. The number of hydrogen-bond acceptors (Lipinski definition) is 0. The zero-order chi connectivity index (χ0) is 16.4. The second kappa shape index (κ2) is 7.79. The Morgan fingerprint density at radius 2 is 1.20 bits per heavy atom. The minimum atomic E-state index is 0. The van der Waals surface area contributed by atoms with Crippen molar-refractivity contribution in [1.29, 1.82) is 0 Å². The van der Waals surface area contributed by atoms with Gasteiger partial charge in [-0.15, -0.1) is 0 Å². The van der Waals surface area contributed by atoms with E-state index in [1.54, 1.807) is 0 Å². The molecule has 0 atom stereocenters. The molecule has 0 unspecified atom stereocenters. The number of para-hydroxylation sites is 2. The Morgan fingerprint density at radius 3 is 1.76 bits per heavy atom. The first kappa shape index (κ1) is 17.6. The first-order valence-electron chi connectivity index (χ1n) is 8.45. The van der Waals surface area contributed by atoms with Crippen molar-refractivity contribution in [1.82, 2.24) is 0 Å². The molecule has 1 aromatic heterocycles. The number of aromatic nitrogens is 1. The van der Waals surface area contributed by atoms with Crippen LogP contribution in [0.5, 0.6) is 0 Å². The molecule has 0 bridgehead atoms. The summed E-state index contributed by atoms with van der Waals surface area (Å²) < 4.78 is 2.39. The topological polar surface area (TPSA) is 3.88 Å². The van der Waals surface area contributed by atoms with Gasteiger partial charge < -0.3 is 24.0 Å². The number of pyridine rings is 1. The van der Waals surface area contributed by atoms with E-state index in [9.17, 15) is 0 Å². The van der Waals surface area contributed by atoms with Crippen LogP contribution in [0.2, 0.25) is 0 Å². The smallest absolute Gasteiger partial charge is 0.213 e. The van der Waals surface area contributed by atoms with Crippen LogP contribution in [0.1, 0.15) is 18.1 Å². The number of hydrogen-bond donors (Lipinski definition) is 0. The van der Waals surface area contributed by atoms with Crippen molar-refractivity contribution in [3.63, 3.8) is 0 Å². The Bertz CT molecular complexity index is 979. The van der Waals surface area contributed by atoms with Gasteiger partial charge in [-0.2, -0.15) is 4.57 Å². The quantitative estimate of drug-likeness (QED) is 0.264. The van der Waals surface area contributed by atoms with Crippen LogP contribution in [0.15, 0.2) is 78.9 Å². The number of nitrogens with zero attached hydrogens (tertiary/aromatic N) is 1. The number of rotatable bonds is 3. The van der Waals surface area contributed by atoms with E-state index in [1.165, 1.54) is 32.9 Å². The molecule has 0 radical (unpaired) electrons. The second-order valence-electron chi connectivity index (χ2n) is 5.94. The van der Waals surface area contributed by atoms with Crippen LogP contribution in [-0.4, -0.2) is 0 Å². The van der Waals surface area contributed by atoms with Crippen LogP contribution in [-0.2, 0) is 6.54 Å². The molecule has 0 spiro atoms. The summed E-state index contributed by atoms with van der Waals surface area (Å²) in [5, 5.41) is 2.59. The Hall–Kier alpha value is -2.20. The zero-order valence-corrected chi connectivity index (χ0v) is 16.4. The van der Waals surface area contributed by atoms with Gasteiger partial charge in [0.1, 0.15) is 6.54 Å². The molecule has 0 fully saturated rings. The summed E-state index contributed by atoms with van der Waals surface area (Å²) in [7, 11) is 0. The molecule has 0 saturated carbocycles. The SMILES string of the molecule is CC[n+]1c2ccccc2c(C=Cc2ccccc2)c2ccccc21.[I-]. The van der Waals surface area contributed by atoms with Crippen molar-refractivity contribution in [3.8, 4) is 0 Å².